The molecule has 0 heterocycles. The summed E-state index contributed by atoms with van der Waals surface area (Å²) in [5, 5.41) is 13.7. The number of rotatable bonds is 4. The van der Waals surface area contributed by atoms with Gasteiger partial charge < -0.3 is 5.32 Å². The van der Waals surface area contributed by atoms with Gasteiger partial charge in [0.25, 0.3) is 5.69 Å². The number of aryl methyl sites for hydroxylation is 1. The van der Waals surface area contributed by atoms with Crippen molar-refractivity contribution in [3.8, 4) is 0 Å². The molecule has 2 rings (SSSR count). The molecule has 1 unspecified atom stereocenters. The van der Waals surface area contributed by atoms with Crippen LogP contribution in [0, 0.1) is 28.7 Å². The molecule has 0 saturated heterocycles. The second kappa shape index (κ2) is 5.87. The molecule has 0 bridgehead atoms. The summed E-state index contributed by atoms with van der Waals surface area (Å²) in [5.41, 5.74) is 0.984. The number of hydrogen-bond acceptors (Lipinski definition) is 3. The lowest BCUT2D eigenvalue weighted by atomic mass is 10.1. The van der Waals surface area contributed by atoms with E-state index in [0.717, 1.165) is 0 Å². The first-order valence-electron chi connectivity index (χ1n) is 6.35. The molecule has 2 aromatic carbocycles. The van der Waals surface area contributed by atoms with E-state index in [-0.39, 0.29) is 11.3 Å². The van der Waals surface area contributed by atoms with Crippen LogP contribution >= 0.6 is 0 Å². The van der Waals surface area contributed by atoms with Crippen molar-refractivity contribution in [3.05, 3.63) is 69.3 Å². The highest BCUT2D eigenvalue weighted by molar-refractivity contribution is 5.54. The molecular formula is C15H14F2N2O2. The zero-order valence-corrected chi connectivity index (χ0v) is 11.6. The Bertz CT molecular complexity index is 669. The zero-order chi connectivity index (χ0) is 15.6. The fourth-order valence-corrected chi connectivity index (χ4v) is 2.20. The third-order valence-electron chi connectivity index (χ3n) is 3.21. The van der Waals surface area contributed by atoms with E-state index in [4.69, 9.17) is 0 Å². The lowest BCUT2D eigenvalue weighted by molar-refractivity contribution is -0.385. The van der Waals surface area contributed by atoms with Crippen LogP contribution in [0.4, 0.5) is 20.2 Å². The topological polar surface area (TPSA) is 55.2 Å². The SMILES string of the molecule is Cc1cc(NC(C)c2c(F)cccc2F)ccc1[N+](=O)[O-]. The molecule has 0 fully saturated rings. The second-order valence-electron chi connectivity index (χ2n) is 4.76. The molecule has 4 nitrogen and oxygen atoms in total. The van der Waals surface area contributed by atoms with E-state index in [1.807, 2.05) is 0 Å². The highest BCUT2D eigenvalue weighted by Crippen LogP contribution is 2.27. The lowest BCUT2D eigenvalue weighted by Crippen LogP contribution is -2.11. The van der Waals surface area contributed by atoms with E-state index in [1.165, 1.54) is 30.3 Å². The Morgan fingerprint density at radius 3 is 2.33 bits per heavy atom. The Balaban J connectivity index is 2.26. The minimum atomic E-state index is -0.631. The zero-order valence-electron chi connectivity index (χ0n) is 11.6. The molecular weight excluding hydrogens is 278 g/mol. The Hall–Kier alpha value is -2.50. The molecule has 0 aliphatic heterocycles. The molecule has 1 N–H and O–H groups in total. The number of nitro benzene ring substituents is 1. The van der Waals surface area contributed by atoms with Gasteiger partial charge in [-0.2, -0.15) is 0 Å². The standard InChI is InChI=1S/C15H14F2N2O2/c1-9-8-11(6-7-14(9)19(20)21)18-10(2)15-12(16)4-3-5-13(15)17/h3-8,10,18H,1-2H3. The quantitative estimate of drug-likeness (QED) is 0.673. The molecule has 21 heavy (non-hydrogen) atoms. The predicted molar refractivity (Wildman–Crippen MR) is 76.2 cm³/mol. The van der Waals surface area contributed by atoms with Crippen LogP contribution in [0.2, 0.25) is 0 Å². The maximum Gasteiger partial charge on any atom is 0.272 e. The van der Waals surface area contributed by atoms with Gasteiger partial charge in [0.2, 0.25) is 0 Å². The van der Waals surface area contributed by atoms with Crippen molar-refractivity contribution in [3.63, 3.8) is 0 Å². The normalized spacial score (nSPS) is 12.0. The van der Waals surface area contributed by atoms with Crippen molar-refractivity contribution in [1.82, 2.24) is 0 Å². The van der Waals surface area contributed by atoms with Gasteiger partial charge in [-0.05, 0) is 38.1 Å². The van der Waals surface area contributed by atoms with Crippen molar-refractivity contribution >= 4 is 11.4 Å². The van der Waals surface area contributed by atoms with Crippen molar-refractivity contribution in [2.45, 2.75) is 19.9 Å². The summed E-state index contributed by atoms with van der Waals surface area (Å²) < 4.78 is 27.4. The minimum Gasteiger partial charge on any atom is -0.378 e. The molecule has 2 aromatic rings. The van der Waals surface area contributed by atoms with Gasteiger partial charge in [-0.15, -0.1) is 0 Å². The van der Waals surface area contributed by atoms with Gasteiger partial charge in [0.05, 0.1) is 11.0 Å². The van der Waals surface area contributed by atoms with Gasteiger partial charge in [-0.3, -0.25) is 10.1 Å². The first kappa shape index (κ1) is 14.9. The van der Waals surface area contributed by atoms with Crippen LogP contribution in [-0.2, 0) is 0 Å². The first-order chi connectivity index (χ1) is 9.90. The third-order valence-corrected chi connectivity index (χ3v) is 3.21. The van der Waals surface area contributed by atoms with E-state index in [0.29, 0.717) is 11.3 Å². The number of hydrogen-bond donors (Lipinski definition) is 1. The maximum absolute atomic E-state index is 13.7. The van der Waals surface area contributed by atoms with Gasteiger partial charge in [0.1, 0.15) is 11.6 Å². The largest absolute Gasteiger partial charge is 0.378 e. The van der Waals surface area contributed by atoms with E-state index in [9.17, 15) is 18.9 Å². The van der Waals surface area contributed by atoms with E-state index < -0.39 is 22.6 Å². The van der Waals surface area contributed by atoms with Gasteiger partial charge in [0.15, 0.2) is 0 Å². The molecule has 0 aromatic heterocycles. The second-order valence-corrected chi connectivity index (χ2v) is 4.76. The average Bonchev–Trinajstić information content (AvgIpc) is 2.37. The van der Waals surface area contributed by atoms with Gasteiger partial charge >= 0.3 is 0 Å². The Labute approximate surface area is 120 Å². The Morgan fingerprint density at radius 1 is 1.19 bits per heavy atom. The van der Waals surface area contributed by atoms with Gasteiger partial charge in [-0.25, -0.2) is 8.78 Å². The number of nitrogens with zero attached hydrogens (tertiary/aromatic N) is 1. The van der Waals surface area contributed by atoms with E-state index >= 15 is 0 Å². The molecule has 0 aliphatic rings. The molecule has 0 aliphatic carbocycles. The molecule has 0 saturated carbocycles. The fourth-order valence-electron chi connectivity index (χ4n) is 2.20. The first-order valence-corrected chi connectivity index (χ1v) is 6.35. The fraction of sp³-hybridized carbons (Fsp3) is 0.200. The van der Waals surface area contributed by atoms with Crippen molar-refractivity contribution in [1.29, 1.82) is 0 Å². The highest BCUT2D eigenvalue weighted by atomic mass is 19.1. The highest BCUT2D eigenvalue weighted by Gasteiger charge is 2.17. The Kier molecular flexibility index (Phi) is 4.16. The maximum atomic E-state index is 13.7. The summed E-state index contributed by atoms with van der Waals surface area (Å²) in [5.74, 6) is -1.26. The third kappa shape index (κ3) is 3.16. The van der Waals surface area contributed by atoms with Crippen LogP contribution < -0.4 is 5.32 Å². The lowest BCUT2D eigenvalue weighted by Gasteiger charge is -2.17. The van der Waals surface area contributed by atoms with Crippen LogP contribution in [-0.4, -0.2) is 4.92 Å². The summed E-state index contributed by atoms with van der Waals surface area (Å²) in [4.78, 5) is 10.3. The summed E-state index contributed by atoms with van der Waals surface area (Å²) in [6, 6.07) is 7.54. The molecule has 1 atom stereocenters. The van der Waals surface area contributed by atoms with Crippen molar-refractivity contribution in [2.24, 2.45) is 0 Å². The minimum absolute atomic E-state index is 0.00488. The molecule has 110 valence electrons. The van der Waals surface area contributed by atoms with Crippen LogP contribution in [0.5, 0.6) is 0 Å². The molecule has 0 radical (unpaired) electrons. The van der Waals surface area contributed by atoms with Crippen LogP contribution in [0.3, 0.4) is 0 Å². The van der Waals surface area contributed by atoms with Crippen LogP contribution in [0.1, 0.15) is 24.1 Å². The van der Waals surface area contributed by atoms with Crippen LogP contribution in [0.15, 0.2) is 36.4 Å². The van der Waals surface area contributed by atoms with E-state index in [1.54, 1.807) is 19.9 Å². The summed E-state index contributed by atoms with van der Waals surface area (Å²) in [6.45, 7) is 3.23. The van der Waals surface area contributed by atoms with Gasteiger partial charge in [-0.1, -0.05) is 6.07 Å². The summed E-state index contributed by atoms with van der Waals surface area (Å²) in [6.07, 6.45) is 0. The van der Waals surface area contributed by atoms with E-state index in [2.05, 4.69) is 5.32 Å². The Morgan fingerprint density at radius 2 is 1.81 bits per heavy atom. The number of nitro groups is 1. The number of anilines is 1. The number of benzene rings is 2. The number of halogens is 2. The van der Waals surface area contributed by atoms with Crippen molar-refractivity contribution in [2.75, 3.05) is 5.32 Å². The monoisotopic (exact) mass is 292 g/mol. The average molecular weight is 292 g/mol. The smallest absolute Gasteiger partial charge is 0.272 e. The summed E-state index contributed by atoms with van der Waals surface area (Å²) in [7, 11) is 0. The number of nitrogens with one attached hydrogen (secondary N) is 1. The van der Waals surface area contributed by atoms with Crippen molar-refractivity contribution < 1.29 is 13.7 Å². The predicted octanol–water partition coefficient (Wildman–Crippen LogP) is 4.35. The van der Waals surface area contributed by atoms with Gasteiger partial charge in [0, 0.05) is 22.9 Å². The molecule has 0 spiro atoms. The van der Waals surface area contributed by atoms with Crippen LogP contribution in [0.25, 0.3) is 0 Å². The summed E-state index contributed by atoms with van der Waals surface area (Å²) >= 11 is 0. The molecule has 0 amide bonds. The molecule has 6 heteroatoms.